The van der Waals surface area contributed by atoms with Gasteiger partial charge in [0.2, 0.25) is 0 Å². The highest BCUT2D eigenvalue weighted by Crippen LogP contribution is 2.19. The summed E-state index contributed by atoms with van der Waals surface area (Å²) < 4.78 is 5.80. The Labute approximate surface area is 121 Å². The summed E-state index contributed by atoms with van der Waals surface area (Å²) in [5.41, 5.74) is 1.36. The van der Waals surface area contributed by atoms with Crippen LogP contribution in [0.15, 0.2) is 24.3 Å². The van der Waals surface area contributed by atoms with Crippen molar-refractivity contribution in [1.29, 1.82) is 0 Å². The fourth-order valence-electron chi connectivity index (χ4n) is 2.48. The van der Waals surface area contributed by atoms with Crippen molar-refractivity contribution in [3.8, 4) is 5.75 Å². The number of hydrogen-bond donors (Lipinski definition) is 0. The normalized spacial score (nSPS) is 20.1. The topological polar surface area (TPSA) is 12.5 Å². The lowest BCUT2D eigenvalue weighted by Crippen LogP contribution is -2.26. The molecular weight excluding hydrogens is 258 g/mol. The van der Waals surface area contributed by atoms with Crippen molar-refractivity contribution in [2.24, 2.45) is 5.92 Å². The first kappa shape index (κ1) is 14.7. The molecule has 1 aliphatic heterocycles. The molecule has 0 radical (unpaired) electrons. The number of hydrogen-bond acceptors (Lipinski definition) is 2. The van der Waals surface area contributed by atoms with Crippen molar-refractivity contribution in [3.63, 3.8) is 0 Å². The van der Waals surface area contributed by atoms with Gasteiger partial charge >= 0.3 is 0 Å². The monoisotopic (exact) mass is 281 g/mol. The summed E-state index contributed by atoms with van der Waals surface area (Å²) in [5.74, 6) is 3.00. The van der Waals surface area contributed by atoms with Gasteiger partial charge < -0.3 is 4.74 Å². The van der Waals surface area contributed by atoms with Gasteiger partial charge in [-0.05, 0) is 42.5 Å². The SMILES string of the molecule is CC(C)c1ccc(OCCN2CCC(CCl)C2)cc1. The predicted octanol–water partition coefficient (Wildman–Crippen LogP) is 3.75. The summed E-state index contributed by atoms with van der Waals surface area (Å²) in [6.45, 7) is 8.45. The van der Waals surface area contributed by atoms with E-state index < -0.39 is 0 Å². The Kier molecular flexibility index (Phi) is 5.53. The molecule has 0 amide bonds. The van der Waals surface area contributed by atoms with E-state index in [4.69, 9.17) is 16.3 Å². The fourth-order valence-corrected chi connectivity index (χ4v) is 2.74. The standard InChI is InChI=1S/C16H24ClNO/c1-13(2)15-3-5-16(6-4-15)19-10-9-18-8-7-14(11-17)12-18/h3-6,13-14H,7-12H2,1-2H3. The second kappa shape index (κ2) is 7.16. The second-order valence-corrected chi connectivity index (χ2v) is 5.99. The summed E-state index contributed by atoms with van der Waals surface area (Å²) in [6, 6.07) is 8.44. The van der Waals surface area contributed by atoms with E-state index in [2.05, 4.69) is 43.0 Å². The minimum Gasteiger partial charge on any atom is -0.492 e. The van der Waals surface area contributed by atoms with Gasteiger partial charge in [-0.3, -0.25) is 4.90 Å². The van der Waals surface area contributed by atoms with Crippen molar-refractivity contribution in [3.05, 3.63) is 29.8 Å². The number of alkyl halides is 1. The van der Waals surface area contributed by atoms with Crippen molar-refractivity contribution < 1.29 is 4.74 Å². The molecule has 1 aliphatic rings. The average Bonchev–Trinajstić information content (AvgIpc) is 2.87. The van der Waals surface area contributed by atoms with Gasteiger partial charge in [0.25, 0.3) is 0 Å². The van der Waals surface area contributed by atoms with E-state index in [1.54, 1.807) is 0 Å². The highest BCUT2D eigenvalue weighted by atomic mass is 35.5. The molecule has 0 spiro atoms. The summed E-state index contributed by atoms with van der Waals surface area (Å²) in [6.07, 6.45) is 1.23. The van der Waals surface area contributed by atoms with Crippen molar-refractivity contribution in [1.82, 2.24) is 4.90 Å². The lowest BCUT2D eigenvalue weighted by atomic mass is 10.0. The van der Waals surface area contributed by atoms with E-state index in [1.807, 2.05) is 0 Å². The van der Waals surface area contributed by atoms with Gasteiger partial charge in [0.05, 0.1) is 0 Å². The van der Waals surface area contributed by atoms with Crippen LogP contribution in [0.2, 0.25) is 0 Å². The molecule has 0 aromatic heterocycles. The molecule has 0 N–H and O–H groups in total. The Morgan fingerprint density at radius 1 is 1.32 bits per heavy atom. The quantitative estimate of drug-likeness (QED) is 0.737. The number of likely N-dealkylation sites (tertiary alicyclic amines) is 1. The van der Waals surface area contributed by atoms with Gasteiger partial charge in [-0.15, -0.1) is 11.6 Å². The van der Waals surface area contributed by atoms with Crippen LogP contribution in [0.3, 0.4) is 0 Å². The molecule has 106 valence electrons. The van der Waals surface area contributed by atoms with Gasteiger partial charge in [-0.2, -0.15) is 0 Å². The van der Waals surface area contributed by atoms with Crippen LogP contribution in [0.5, 0.6) is 5.75 Å². The van der Waals surface area contributed by atoms with E-state index >= 15 is 0 Å². The number of halogens is 1. The molecule has 1 heterocycles. The minimum absolute atomic E-state index is 0.575. The smallest absolute Gasteiger partial charge is 0.119 e. The predicted molar refractivity (Wildman–Crippen MR) is 81.3 cm³/mol. The van der Waals surface area contributed by atoms with Crippen LogP contribution in [-0.4, -0.2) is 37.0 Å². The summed E-state index contributed by atoms with van der Waals surface area (Å²) in [7, 11) is 0. The summed E-state index contributed by atoms with van der Waals surface area (Å²) in [5, 5.41) is 0. The van der Waals surface area contributed by atoms with Gasteiger partial charge in [-0.1, -0.05) is 26.0 Å². The van der Waals surface area contributed by atoms with E-state index in [1.165, 1.54) is 12.0 Å². The Balaban J connectivity index is 1.71. The third-order valence-corrected chi connectivity index (χ3v) is 4.25. The lowest BCUT2D eigenvalue weighted by molar-refractivity contribution is 0.234. The zero-order valence-electron chi connectivity index (χ0n) is 11.9. The summed E-state index contributed by atoms with van der Waals surface area (Å²) >= 11 is 5.89. The summed E-state index contributed by atoms with van der Waals surface area (Å²) in [4.78, 5) is 2.44. The first-order chi connectivity index (χ1) is 9.19. The maximum absolute atomic E-state index is 5.89. The number of rotatable bonds is 6. The van der Waals surface area contributed by atoms with Crippen molar-refractivity contribution in [2.75, 3.05) is 32.1 Å². The molecule has 19 heavy (non-hydrogen) atoms. The molecule has 1 saturated heterocycles. The second-order valence-electron chi connectivity index (χ2n) is 5.68. The van der Waals surface area contributed by atoms with Gasteiger partial charge in [-0.25, -0.2) is 0 Å². The van der Waals surface area contributed by atoms with Crippen LogP contribution in [-0.2, 0) is 0 Å². The molecule has 1 unspecified atom stereocenters. The van der Waals surface area contributed by atoms with Crippen LogP contribution in [0.1, 0.15) is 31.7 Å². The molecule has 0 saturated carbocycles. The Morgan fingerprint density at radius 3 is 2.63 bits per heavy atom. The number of nitrogens with zero attached hydrogens (tertiary/aromatic N) is 1. The number of ether oxygens (including phenoxy) is 1. The molecule has 1 aromatic carbocycles. The van der Waals surface area contributed by atoms with Crippen LogP contribution >= 0.6 is 11.6 Å². The highest BCUT2D eigenvalue weighted by Gasteiger charge is 2.20. The largest absolute Gasteiger partial charge is 0.492 e. The Hall–Kier alpha value is -0.730. The average molecular weight is 282 g/mol. The zero-order valence-corrected chi connectivity index (χ0v) is 12.7. The minimum atomic E-state index is 0.575. The molecule has 2 nitrogen and oxygen atoms in total. The van der Waals surface area contributed by atoms with E-state index in [0.717, 1.165) is 37.9 Å². The van der Waals surface area contributed by atoms with Gasteiger partial charge in [0, 0.05) is 19.0 Å². The van der Waals surface area contributed by atoms with E-state index in [0.29, 0.717) is 11.8 Å². The molecule has 1 aromatic rings. The first-order valence-corrected chi connectivity index (χ1v) is 7.73. The zero-order chi connectivity index (χ0) is 13.7. The van der Waals surface area contributed by atoms with Gasteiger partial charge in [0.15, 0.2) is 0 Å². The maximum Gasteiger partial charge on any atom is 0.119 e. The van der Waals surface area contributed by atoms with Crippen LogP contribution in [0, 0.1) is 5.92 Å². The number of benzene rings is 1. The van der Waals surface area contributed by atoms with Crippen LogP contribution in [0.4, 0.5) is 0 Å². The maximum atomic E-state index is 5.89. The lowest BCUT2D eigenvalue weighted by Gasteiger charge is -2.16. The fraction of sp³-hybridized carbons (Fsp3) is 0.625. The highest BCUT2D eigenvalue weighted by molar-refractivity contribution is 6.18. The van der Waals surface area contributed by atoms with Crippen LogP contribution in [0.25, 0.3) is 0 Å². The Bertz CT molecular complexity index is 377. The molecule has 2 rings (SSSR count). The third-order valence-electron chi connectivity index (χ3n) is 3.81. The molecule has 1 atom stereocenters. The molecular formula is C16H24ClNO. The third kappa shape index (κ3) is 4.39. The first-order valence-electron chi connectivity index (χ1n) is 7.20. The molecule has 1 fully saturated rings. The van der Waals surface area contributed by atoms with E-state index in [9.17, 15) is 0 Å². The Morgan fingerprint density at radius 2 is 2.05 bits per heavy atom. The van der Waals surface area contributed by atoms with Crippen LogP contribution < -0.4 is 4.74 Å². The van der Waals surface area contributed by atoms with Crippen molar-refractivity contribution in [2.45, 2.75) is 26.2 Å². The molecule has 3 heteroatoms. The van der Waals surface area contributed by atoms with Gasteiger partial charge in [0.1, 0.15) is 12.4 Å². The van der Waals surface area contributed by atoms with E-state index in [-0.39, 0.29) is 0 Å². The van der Waals surface area contributed by atoms with Crippen molar-refractivity contribution >= 4 is 11.6 Å². The molecule has 0 aliphatic carbocycles. The molecule has 0 bridgehead atoms.